The monoisotopic (exact) mass is 358 g/mol. The molecule has 140 valence electrons. The third-order valence-corrected chi connectivity index (χ3v) is 5.34. The molecule has 0 radical (unpaired) electrons. The van der Waals surface area contributed by atoms with E-state index < -0.39 is 5.97 Å². The molecule has 1 aliphatic rings. The number of carboxylic acids is 1. The molecule has 0 unspecified atom stereocenters. The van der Waals surface area contributed by atoms with Gasteiger partial charge in [0.1, 0.15) is 5.75 Å². The summed E-state index contributed by atoms with van der Waals surface area (Å²) in [7, 11) is 1.65. The maximum Gasteiger partial charge on any atom is 0.306 e. The van der Waals surface area contributed by atoms with Crippen LogP contribution < -0.4 is 10.1 Å². The van der Waals surface area contributed by atoms with Crippen molar-refractivity contribution >= 4 is 22.8 Å². The molecule has 0 aliphatic heterocycles. The molecule has 3 rings (SSSR count). The van der Waals surface area contributed by atoms with E-state index in [0.29, 0.717) is 38.3 Å². The number of aliphatic carboxylic acids is 1. The van der Waals surface area contributed by atoms with Gasteiger partial charge in [-0.25, -0.2) is 0 Å². The first kappa shape index (κ1) is 18.3. The number of hydrogen-bond donors (Lipinski definition) is 2. The molecular formula is C20H26N2O4. The van der Waals surface area contributed by atoms with Gasteiger partial charge in [-0.2, -0.15) is 0 Å². The lowest BCUT2D eigenvalue weighted by Crippen LogP contribution is -2.32. The second-order valence-electron chi connectivity index (χ2n) is 7.02. The minimum atomic E-state index is -0.693. The SMILES string of the molecule is COc1cccc2ccn(CCC(=O)NCC3CCC(C(=O)O)CC3)c12. The Hall–Kier alpha value is -2.50. The number of benzene rings is 1. The summed E-state index contributed by atoms with van der Waals surface area (Å²) in [5.74, 6) is 0.327. The van der Waals surface area contributed by atoms with Crippen LogP contribution in [0.25, 0.3) is 10.9 Å². The van der Waals surface area contributed by atoms with Gasteiger partial charge in [-0.3, -0.25) is 9.59 Å². The molecule has 2 aromatic rings. The molecule has 26 heavy (non-hydrogen) atoms. The Morgan fingerprint density at radius 1 is 1.23 bits per heavy atom. The molecule has 0 bridgehead atoms. The van der Waals surface area contributed by atoms with Crippen LogP contribution in [0.2, 0.25) is 0 Å². The number of carboxylic acid groups (broad SMARTS) is 1. The molecule has 6 nitrogen and oxygen atoms in total. The number of aryl methyl sites for hydroxylation is 1. The van der Waals surface area contributed by atoms with E-state index in [9.17, 15) is 9.59 Å². The maximum absolute atomic E-state index is 12.2. The number of carbonyl (C=O) groups is 2. The summed E-state index contributed by atoms with van der Waals surface area (Å²) in [6.45, 7) is 1.24. The Kier molecular flexibility index (Phi) is 5.81. The predicted molar refractivity (Wildman–Crippen MR) is 99.2 cm³/mol. The molecule has 2 N–H and O–H groups in total. The van der Waals surface area contributed by atoms with Crippen molar-refractivity contribution in [3.05, 3.63) is 30.5 Å². The molecule has 0 saturated heterocycles. The molecule has 1 heterocycles. The lowest BCUT2D eigenvalue weighted by atomic mass is 9.82. The number of amides is 1. The van der Waals surface area contributed by atoms with Crippen molar-refractivity contribution < 1.29 is 19.4 Å². The maximum atomic E-state index is 12.2. The van der Waals surface area contributed by atoms with Crippen molar-refractivity contribution in [2.75, 3.05) is 13.7 Å². The number of nitrogens with zero attached hydrogens (tertiary/aromatic N) is 1. The molecule has 0 spiro atoms. The van der Waals surface area contributed by atoms with E-state index in [2.05, 4.69) is 5.32 Å². The van der Waals surface area contributed by atoms with Crippen LogP contribution >= 0.6 is 0 Å². The minimum absolute atomic E-state index is 0.0297. The number of para-hydroxylation sites is 1. The zero-order valence-electron chi connectivity index (χ0n) is 15.1. The fourth-order valence-electron chi connectivity index (χ4n) is 3.76. The Balaban J connectivity index is 1.47. The van der Waals surface area contributed by atoms with Gasteiger partial charge in [-0.15, -0.1) is 0 Å². The van der Waals surface area contributed by atoms with Gasteiger partial charge in [0.25, 0.3) is 0 Å². The zero-order chi connectivity index (χ0) is 18.5. The number of hydrogen-bond acceptors (Lipinski definition) is 3. The normalized spacial score (nSPS) is 20.0. The molecule has 1 aromatic carbocycles. The number of methoxy groups -OCH3 is 1. The number of rotatable bonds is 7. The molecule has 1 aliphatic carbocycles. The summed E-state index contributed by atoms with van der Waals surface area (Å²) in [6, 6.07) is 7.93. The summed E-state index contributed by atoms with van der Waals surface area (Å²) in [5.41, 5.74) is 1.01. The van der Waals surface area contributed by atoms with Crippen molar-refractivity contribution in [3.63, 3.8) is 0 Å². The van der Waals surface area contributed by atoms with E-state index in [1.54, 1.807) is 7.11 Å². The third kappa shape index (κ3) is 4.18. The van der Waals surface area contributed by atoms with Crippen LogP contribution in [-0.2, 0) is 16.1 Å². The van der Waals surface area contributed by atoms with E-state index in [1.165, 1.54) is 0 Å². The smallest absolute Gasteiger partial charge is 0.306 e. The van der Waals surface area contributed by atoms with E-state index in [1.807, 2.05) is 35.0 Å². The van der Waals surface area contributed by atoms with Crippen LogP contribution in [0.15, 0.2) is 30.5 Å². The molecular weight excluding hydrogens is 332 g/mol. The van der Waals surface area contributed by atoms with Gasteiger partial charge >= 0.3 is 5.97 Å². The fraction of sp³-hybridized carbons (Fsp3) is 0.500. The van der Waals surface area contributed by atoms with E-state index >= 15 is 0 Å². The Morgan fingerprint density at radius 3 is 2.69 bits per heavy atom. The van der Waals surface area contributed by atoms with E-state index in [0.717, 1.165) is 29.5 Å². The average molecular weight is 358 g/mol. The summed E-state index contributed by atoms with van der Waals surface area (Å²) in [6.07, 6.45) is 5.56. The lowest BCUT2D eigenvalue weighted by molar-refractivity contribution is -0.143. The first-order valence-electron chi connectivity index (χ1n) is 9.20. The topological polar surface area (TPSA) is 80.6 Å². The standard InChI is InChI=1S/C20H26N2O4/c1-26-17-4-2-3-15-9-11-22(19(15)17)12-10-18(23)21-13-14-5-7-16(8-6-14)20(24)25/h2-4,9,11,14,16H,5-8,10,12-13H2,1H3,(H,21,23)(H,24,25). The van der Waals surface area contributed by atoms with Crippen LogP contribution in [-0.4, -0.2) is 35.2 Å². The van der Waals surface area contributed by atoms with E-state index in [4.69, 9.17) is 9.84 Å². The van der Waals surface area contributed by atoms with Crippen LogP contribution in [0.1, 0.15) is 32.1 Å². The van der Waals surface area contributed by atoms with Gasteiger partial charge < -0.3 is 19.7 Å². The predicted octanol–water partition coefficient (Wildman–Crippen LogP) is 3.05. The van der Waals surface area contributed by atoms with Crippen molar-refractivity contribution in [1.82, 2.24) is 9.88 Å². The summed E-state index contributed by atoms with van der Waals surface area (Å²) in [4.78, 5) is 23.2. The van der Waals surface area contributed by atoms with Crippen LogP contribution in [0.3, 0.4) is 0 Å². The number of carbonyl (C=O) groups excluding carboxylic acids is 1. The Labute approximate surface area is 153 Å². The number of nitrogens with one attached hydrogen (secondary N) is 1. The average Bonchev–Trinajstić information content (AvgIpc) is 3.08. The fourth-order valence-corrected chi connectivity index (χ4v) is 3.76. The van der Waals surface area contributed by atoms with Crippen LogP contribution in [0.5, 0.6) is 5.75 Å². The molecule has 1 amide bonds. The van der Waals surface area contributed by atoms with Crippen molar-refractivity contribution in [2.45, 2.75) is 38.6 Å². The molecule has 1 saturated carbocycles. The van der Waals surface area contributed by atoms with Gasteiger partial charge in [0, 0.05) is 31.1 Å². The highest BCUT2D eigenvalue weighted by Crippen LogP contribution is 2.29. The summed E-state index contributed by atoms with van der Waals surface area (Å²) < 4.78 is 7.47. The van der Waals surface area contributed by atoms with Crippen LogP contribution in [0, 0.1) is 11.8 Å². The number of aromatic nitrogens is 1. The van der Waals surface area contributed by atoms with Crippen molar-refractivity contribution in [3.8, 4) is 5.75 Å². The second-order valence-corrected chi connectivity index (χ2v) is 7.02. The molecule has 1 fully saturated rings. The minimum Gasteiger partial charge on any atom is -0.495 e. The third-order valence-electron chi connectivity index (χ3n) is 5.34. The lowest BCUT2D eigenvalue weighted by Gasteiger charge is -2.26. The quantitative estimate of drug-likeness (QED) is 0.797. The van der Waals surface area contributed by atoms with Gasteiger partial charge in [-0.05, 0) is 43.7 Å². The Bertz CT molecular complexity index is 775. The summed E-state index contributed by atoms with van der Waals surface area (Å²) >= 11 is 0. The van der Waals surface area contributed by atoms with Crippen molar-refractivity contribution in [1.29, 1.82) is 0 Å². The molecule has 0 atom stereocenters. The van der Waals surface area contributed by atoms with Gasteiger partial charge in [-0.1, -0.05) is 12.1 Å². The first-order valence-corrected chi connectivity index (χ1v) is 9.20. The zero-order valence-corrected chi connectivity index (χ0v) is 15.1. The molecule has 6 heteroatoms. The van der Waals surface area contributed by atoms with E-state index in [-0.39, 0.29) is 11.8 Å². The van der Waals surface area contributed by atoms with Gasteiger partial charge in [0.2, 0.25) is 5.91 Å². The Morgan fingerprint density at radius 2 is 2.00 bits per heavy atom. The van der Waals surface area contributed by atoms with Crippen LogP contribution in [0.4, 0.5) is 0 Å². The van der Waals surface area contributed by atoms with Gasteiger partial charge in [0.05, 0.1) is 18.5 Å². The van der Waals surface area contributed by atoms with Gasteiger partial charge in [0.15, 0.2) is 0 Å². The highest BCUT2D eigenvalue weighted by molar-refractivity contribution is 5.86. The highest BCUT2D eigenvalue weighted by Gasteiger charge is 2.25. The first-order chi connectivity index (χ1) is 12.6. The molecule has 1 aromatic heterocycles. The highest BCUT2D eigenvalue weighted by atomic mass is 16.5. The number of ether oxygens (including phenoxy) is 1. The second kappa shape index (κ2) is 8.25. The van der Waals surface area contributed by atoms with Crippen molar-refractivity contribution in [2.24, 2.45) is 11.8 Å². The largest absolute Gasteiger partial charge is 0.495 e. The number of fused-ring (bicyclic) bond motifs is 1. The summed E-state index contributed by atoms with van der Waals surface area (Å²) in [5, 5.41) is 13.1.